The zero-order valence-corrected chi connectivity index (χ0v) is 11.0. The summed E-state index contributed by atoms with van der Waals surface area (Å²) in [6.07, 6.45) is 0. The molecule has 0 aliphatic rings. The fourth-order valence-corrected chi connectivity index (χ4v) is 2.50. The zero-order valence-electron chi connectivity index (χ0n) is 10.1. The third-order valence-electron chi connectivity index (χ3n) is 2.44. The Hall–Kier alpha value is -1.36. The van der Waals surface area contributed by atoms with E-state index in [0.29, 0.717) is 5.92 Å². The van der Waals surface area contributed by atoms with E-state index in [1.807, 2.05) is 13.8 Å². The SMILES string of the molecule is COC(=O)CS(=O)(=O)c1ccc(C(C)C)cc1. The first-order chi connectivity index (χ1) is 7.86. The van der Waals surface area contributed by atoms with Gasteiger partial charge in [0.1, 0.15) is 0 Å². The van der Waals surface area contributed by atoms with Crippen molar-refractivity contribution in [2.24, 2.45) is 0 Å². The van der Waals surface area contributed by atoms with Crippen molar-refractivity contribution in [3.8, 4) is 0 Å². The number of benzene rings is 1. The summed E-state index contributed by atoms with van der Waals surface area (Å²) >= 11 is 0. The van der Waals surface area contributed by atoms with E-state index in [4.69, 9.17) is 0 Å². The Labute approximate surface area is 102 Å². The molecule has 94 valence electrons. The van der Waals surface area contributed by atoms with Crippen LogP contribution in [0.3, 0.4) is 0 Å². The molecule has 0 unspecified atom stereocenters. The zero-order chi connectivity index (χ0) is 13.1. The van der Waals surface area contributed by atoms with E-state index < -0.39 is 21.6 Å². The van der Waals surface area contributed by atoms with E-state index >= 15 is 0 Å². The van der Waals surface area contributed by atoms with E-state index in [9.17, 15) is 13.2 Å². The standard InChI is InChI=1S/C12H16O4S/c1-9(2)10-4-6-11(7-5-10)17(14,15)8-12(13)16-3/h4-7,9H,8H2,1-3H3. The van der Waals surface area contributed by atoms with Gasteiger partial charge in [0.2, 0.25) is 0 Å². The quantitative estimate of drug-likeness (QED) is 0.770. The monoisotopic (exact) mass is 256 g/mol. The summed E-state index contributed by atoms with van der Waals surface area (Å²) in [6, 6.07) is 6.56. The average Bonchev–Trinajstić information content (AvgIpc) is 2.28. The van der Waals surface area contributed by atoms with Gasteiger partial charge in [-0.25, -0.2) is 8.42 Å². The molecule has 0 bridgehead atoms. The van der Waals surface area contributed by atoms with Crippen LogP contribution in [0.15, 0.2) is 29.2 Å². The van der Waals surface area contributed by atoms with Gasteiger partial charge in [-0.3, -0.25) is 4.79 Å². The van der Waals surface area contributed by atoms with Crippen molar-refractivity contribution < 1.29 is 17.9 Å². The van der Waals surface area contributed by atoms with Gasteiger partial charge in [0, 0.05) is 0 Å². The van der Waals surface area contributed by atoms with Gasteiger partial charge in [-0.1, -0.05) is 26.0 Å². The molecule has 4 nitrogen and oxygen atoms in total. The summed E-state index contributed by atoms with van der Waals surface area (Å²) < 4.78 is 27.9. The lowest BCUT2D eigenvalue weighted by molar-refractivity contribution is -0.137. The van der Waals surface area contributed by atoms with Crippen LogP contribution in [0.2, 0.25) is 0 Å². The molecule has 0 radical (unpaired) electrons. The van der Waals surface area contributed by atoms with Gasteiger partial charge < -0.3 is 4.74 Å². The number of esters is 1. The van der Waals surface area contributed by atoms with Crippen LogP contribution in [0.5, 0.6) is 0 Å². The highest BCUT2D eigenvalue weighted by molar-refractivity contribution is 7.92. The van der Waals surface area contributed by atoms with Crippen molar-refractivity contribution >= 4 is 15.8 Å². The first kappa shape index (κ1) is 13.7. The molecule has 0 aromatic heterocycles. The topological polar surface area (TPSA) is 60.4 Å². The Balaban J connectivity index is 2.96. The lowest BCUT2D eigenvalue weighted by Crippen LogP contribution is -2.17. The molecular weight excluding hydrogens is 240 g/mol. The molecule has 0 saturated heterocycles. The summed E-state index contributed by atoms with van der Waals surface area (Å²) in [4.78, 5) is 11.1. The third kappa shape index (κ3) is 3.56. The molecule has 17 heavy (non-hydrogen) atoms. The number of hydrogen-bond donors (Lipinski definition) is 0. The van der Waals surface area contributed by atoms with Gasteiger partial charge in [0.05, 0.1) is 12.0 Å². The van der Waals surface area contributed by atoms with Crippen molar-refractivity contribution in [3.63, 3.8) is 0 Å². The summed E-state index contributed by atoms with van der Waals surface area (Å²) in [5.74, 6) is -1.03. The minimum atomic E-state index is -3.59. The maximum absolute atomic E-state index is 11.8. The molecule has 0 N–H and O–H groups in total. The van der Waals surface area contributed by atoms with Gasteiger partial charge in [-0.2, -0.15) is 0 Å². The normalized spacial score (nSPS) is 11.5. The van der Waals surface area contributed by atoms with Crippen molar-refractivity contribution in [2.45, 2.75) is 24.7 Å². The number of sulfone groups is 1. The molecule has 1 aromatic carbocycles. The largest absolute Gasteiger partial charge is 0.468 e. The molecular formula is C12H16O4S. The maximum atomic E-state index is 11.8. The molecule has 0 fully saturated rings. The lowest BCUT2D eigenvalue weighted by Gasteiger charge is -2.07. The van der Waals surface area contributed by atoms with Crippen LogP contribution >= 0.6 is 0 Å². The van der Waals surface area contributed by atoms with Crippen LogP contribution in [0.4, 0.5) is 0 Å². The summed E-state index contributed by atoms with van der Waals surface area (Å²) in [7, 11) is -2.42. The fraction of sp³-hybridized carbons (Fsp3) is 0.417. The second-order valence-electron chi connectivity index (χ2n) is 4.06. The highest BCUT2D eigenvalue weighted by Crippen LogP contribution is 2.18. The van der Waals surface area contributed by atoms with Crippen LogP contribution in [-0.4, -0.2) is 27.2 Å². The Morgan fingerprint density at radius 1 is 1.24 bits per heavy atom. The summed E-state index contributed by atoms with van der Waals surface area (Å²) in [6.45, 7) is 4.05. The van der Waals surface area contributed by atoms with Gasteiger partial charge in [-0.15, -0.1) is 0 Å². The number of carbonyl (C=O) groups excluding carboxylic acids is 1. The Morgan fingerprint density at radius 2 is 1.76 bits per heavy atom. The van der Waals surface area contributed by atoms with Gasteiger partial charge >= 0.3 is 5.97 Å². The molecule has 0 aliphatic heterocycles. The Morgan fingerprint density at radius 3 is 2.18 bits per heavy atom. The molecule has 5 heteroatoms. The summed E-state index contributed by atoms with van der Waals surface area (Å²) in [5.41, 5.74) is 1.06. The van der Waals surface area contributed by atoms with E-state index in [0.717, 1.165) is 5.56 Å². The van der Waals surface area contributed by atoms with E-state index in [-0.39, 0.29) is 4.90 Å². The second-order valence-corrected chi connectivity index (χ2v) is 6.05. The van der Waals surface area contributed by atoms with Gasteiger partial charge in [-0.05, 0) is 23.6 Å². The van der Waals surface area contributed by atoms with E-state index in [1.165, 1.54) is 19.2 Å². The summed E-state index contributed by atoms with van der Waals surface area (Å²) in [5, 5.41) is 0. The van der Waals surface area contributed by atoms with E-state index in [2.05, 4.69) is 4.74 Å². The van der Waals surface area contributed by atoms with Crippen LogP contribution < -0.4 is 0 Å². The van der Waals surface area contributed by atoms with Crippen LogP contribution in [0, 0.1) is 0 Å². The van der Waals surface area contributed by atoms with E-state index in [1.54, 1.807) is 12.1 Å². The van der Waals surface area contributed by atoms with Crippen LogP contribution in [0.1, 0.15) is 25.3 Å². The molecule has 0 saturated carbocycles. The average molecular weight is 256 g/mol. The van der Waals surface area contributed by atoms with Gasteiger partial charge in [0.15, 0.2) is 15.6 Å². The number of ether oxygens (including phenoxy) is 1. The number of methoxy groups -OCH3 is 1. The highest BCUT2D eigenvalue weighted by atomic mass is 32.2. The minimum absolute atomic E-state index is 0.146. The molecule has 0 spiro atoms. The predicted octanol–water partition coefficient (Wildman–Crippen LogP) is 1.76. The molecule has 0 amide bonds. The Kier molecular flexibility index (Phi) is 4.28. The molecule has 0 aliphatic carbocycles. The smallest absolute Gasteiger partial charge is 0.321 e. The van der Waals surface area contributed by atoms with Crippen molar-refractivity contribution in [3.05, 3.63) is 29.8 Å². The maximum Gasteiger partial charge on any atom is 0.321 e. The fourth-order valence-electron chi connectivity index (χ4n) is 1.36. The Bertz CT molecular complexity index is 486. The lowest BCUT2D eigenvalue weighted by atomic mass is 10.0. The molecule has 1 aromatic rings. The number of rotatable bonds is 4. The molecule has 1 rings (SSSR count). The molecule has 0 atom stereocenters. The third-order valence-corrected chi connectivity index (χ3v) is 4.05. The number of hydrogen-bond acceptors (Lipinski definition) is 4. The molecule has 0 heterocycles. The highest BCUT2D eigenvalue weighted by Gasteiger charge is 2.19. The van der Waals surface area contributed by atoms with Crippen molar-refractivity contribution in [1.29, 1.82) is 0 Å². The predicted molar refractivity (Wildman–Crippen MR) is 64.6 cm³/mol. The van der Waals surface area contributed by atoms with Crippen molar-refractivity contribution in [1.82, 2.24) is 0 Å². The van der Waals surface area contributed by atoms with Crippen molar-refractivity contribution in [2.75, 3.05) is 12.9 Å². The first-order valence-electron chi connectivity index (χ1n) is 5.26. The van der Waals surface area contributed by atoms with Crippen LogP contribution in [-0.2, 0) is 19.4 Å². The number of carbonyl (C=O) groups is 1. The van der Waals surface area contributed by atoms with Gasteiger partial charge in [0.25, 0.3) is 0 Å². The van der Waals surface area contributed by atoms with Crippen LogP contribution in [0.25, 0.3) is 0 Å². The second kappa shape index (κ2) is 5.31. The first-order valence-corrected chi connectivity index (χ1v) is 6.91. The minimum Gasteiger partial charge on any atom is -0.468 e.